The molecule has 1 atom stereocenters. The van der Waals surface area contributed by atoms with E-state index < -0.39 is 0 Å². The quantitative estimate of drug-likeness (QED) is 0.844. The highest BCUT2D eigenvalue weighted by atomic mass is 32.1. The van der Waals surface area contributed by atoms with Gasteiger partial charge in [0, 0.05) is 13.1 Å². The van der Waals surface area contributed by atoms with E-state index in [1.165, 1.54) is 0 Å². The molecule has 1 saturated heterocycles. The molecule has 2 heterocycles. The second kappa shape index (κ2) is 4.37. The molecule has 0 spiro atoms. The lowest BCUT2D eigenvalue weighted by Gasteiger charge is -2.16. The summed E-state index contributed by atoms with van der Waals surface area (Å²) < 4.78 is 0. The van der Waals surface area contributed by atoms with Crippen molar-refractivity contribution in [1.29, 1.82) is 0 Å². The highest BCUT2D eigenvalue weighted by Gasteiger charge is 2.30. The molecular weight excluding hydrogens is 224 g/mol. The molecule has 5 nitrogen and oxygen atoms in total. The summed E-state index contributed by atoms with van der Waals surface area (Å²) in [4.78, 5) is 13.9. The van der Waals surface area contributed by atoms with Gasteiger partial charge in [-0.15, -0.1) is 10.2 Å². The van der Waals surface area contributed by atoms with Gasteiger partial charge in [0.1, 0.15) is 0 Å². The number of hydrogen-bond acceptors (Lipinski definition) is 5. The van der Waals surface area contributed by atoms with Crippen LogP contribution in [0.4, 0.5) is 5.13 Å². The van der Waals surface area contributed by atoms with Crippen molar-refractivity contribution in [3.63, 3.8) is 0 Å². The maximum atomic E-state index is 12.0. The minimum absolute atomic E-state index is 0.0302. The first-order chi connectivity index (χ1) is 7.58. The van der Waals surface area contributed by atoms with Crippen LogP contribution < -0.4 is 5.73 Å². The van der Waals surface area contributed by atoms with E-state index in [9.17, 15) is 4.79 Å². The van der Waals surface area contributed by atoms with Crippen molar-refractivity contribution < 1.29 is 4.79 Å². The monoisotopic (exact) mass is 240 g/mol. The van der Waals surface area contributed by atoms with E-state index >= 15 is 0 Å². The minimum atomic E-state index is -0.0302. The van der Waals surface area contributed by atoms with Gasteiger partial charge in [0.25, 0.3) is 5.91 Å². The number of anilines is 1. The highest BCUT2D eigenvalue weighted by Crippen LogP contribution is 2.25. The Bertz CT molecular complexity index is 390. The summed E-state index contributed by atoms with van der Waals surface area (Å²) >= 11 is 1.16. The number of likely N-dealkylation sites (tertiary alicyclic amines) is 1. The van der Waals surface area contributed by atoms with E-state index in [1.807, 2.05) is 4.90 Å². The summed E-state index contributed by atoms with van der Waals surface area (Å²) in [6, 6.07) is 0. The van der Waals surface area contributed by atoms with E-state index in [0.717, 1.165) is 30.8 Å². The lowest BCUT2D eigenvalue weighted by molar-refractivity contribution is 0.0783. The fourth-order valence-corrected chi connectivity index (χ4v) is 2.55. The van der Waals surface area contributed by atoms with Crippen molar-refractivity contribution in [3.05, 3.63) is 5.01 Å². The zero-order valence-corrected chi connectivity index (χ0v) is 10.3. The van der Waals surface area contributed by atoms with Crippen LogP contribution in [0.5, 0.6) is 0 Å². The van der Waals surface area contributed by atoms with Crippen molar-refractivity contribution in [1.82, 2.24) is 15.1 Å². The summed E-state index contributed by atoms with van der Waals surface area (Å²) in [6.07, 6.45) is 1.08. The van der Waals surface area contributed by atoms with E-state index in [0.29, 0.717) is 22.0 Å². The maximum absolute atomic E-state index is 12.0. The van der Waals surface area contributed by atoms with Crippen molar-refractivity contribution in [3.8, 4) is 0 Å². The standard InChI is InChI=1S/C10H16N4OS/c1-6(2)7-3-4-14(5-7)9(15)8-12-13-10(11)16-8/h6-7H,3-5H2,1-2H3,(H2,11,13). The number of rotatable bonds is 2. The smallest absolute Gasteiger partial charge is 0.284 e. The van der Waals surface area contributed by atoms with E-state index in [2.05, 4.69) is 24.0 Å². The van der Waals surface area contributed by atoms with Gasteiger partial charge in [-0.3, -0.25) is 4.79 Å². The number of nitrogens with two attached hydrogens (primary N) is 1. The third-order valence-electron chi connectivity index (χ3n) is 3.08. The van der Waals surface area contributed by atoms with Crippen LogP contribution in [0.15, 0.2) is 0 Å². The molecular formula is C10H16N4OS. The third kappa shape index (κ3) is 2.16. The van der Waals surface area contributed by atoms with Crippen molar-refractivity contribution in [2.75, 3.05) is 18.8 Å². The predicted molar refractivity (Wildman–Crippen MR) is 63.2 cm³/mol. The van der Waals surface area contributed by atoms with Crippen LogP contribution in [0.2, 0.25) is 0 Å². The molecule has 0 bridgehead atoms. The summed E-state index contributed by atoms with van der Waals surface area (Å²) in [5.41, 5.74) is 5.46. The normalized spacial score (nSPS) is 20.7. The van der Waals surface area contributed by atoms with Crippen LogP contribution in [0.25, 0.3) is 0 Å². The van der Waals surface area contributed by atoms with Crippen molar-refractivity contribution in [2.24, 2.45) is 11.8 Å². The van der Waals surface area contributed by atoms with Crippen LogP contribution >= 0.6 is 11.3 Å². The first-order valence-corrected chi connectivity index (χ1v) is 6.28. The van der Waals surface area contributed by atoms with Crippen LogP contribution in [0, 0.1) is 11.8 Å². The van der Waals surface area contributed by atoms with E-state index in [-0.39, 0.29) is 5.91 Å². The van der Waals surface area contributed by atoms with E-state index in [1.54, 1.807) is 0 Å². The zero-order valence-electron chi connectivity index (χ0n) is 9.51. The van der Waals surface area contributed by atoms with Gasteiger partial charge in [-0.2, -0.15) is 0 Å². The molecule has 6 heteroatoms. The first kappa shape index (κ1) is 11.3. The van der Waals surface area contributed by atoms with Crippen LogP contribution in [-0.2, 0) is 0 Å². The molecule has 1 aromatic heterocycles. The Balaban J connectivity index is 2.02. The Morgan fingerprint density at radius 1 is 1.56 bits per heavy atom. The Morgan fingerprint density at radius 3 is 2.81 bits per heavy atom. The lowest BCUT2D eigenvalue weighted by atomic mass is 9.95. The topological polar surface area (TPSA) is 72.1 Å². The molecule has 88 valence electrons. The van der Waals surface area contributed by atoms with E-state index in [4.69, 9.17) is 5.73 Å². The number of carbonyl (C=O) groups excluding carboxylic acids is 1. The highest BCUT2D eigenvalue weighted by molar-refractivity contribution is 7.16. The lowest BCUT2D eigenvalue weighted by Crippen LogP contribution is -2.29. The van der Waals surface area contributed by atoms with Gasteiger partial charge in [0.05, 0.1) is 0 Å². The van der Waals surface area contributed by atoms with Gasteiger partial charge in [-0.1, -0.05) is 25.2 Å². The van der Waals surface area contributed by atoms with Gasteiger partial charge in [0.15, 0.2) is 0 Å². The molecule has 0 radical (unpaired) electrons. The number of amides is 1. The SMILES string of the molecule is CC(C)C1CCN(C(=O)c2nnc(N)s2)C1. The van der Waals surface area contributed by atoms with Crippen LogP contribution in [-0.4, -0.2) is 34.1 Å². The molecule has 1 aromatic rings. The second-order valence-electron chi connectivity index (χ2n) is 4.49. The fourth-order valence-electron chi connectivity index (χ4n) is 1.97. The average Bonchev–Trinajstić information content (AvgIpc) is 2.84. The molecule has 2 rings (SSSR count). The molecule has 1 amide bonds. The van der Waals surface area contributed by atoms with Gasteiger partial charge in [0.2, 0.25) is 10.1 Å². The van der Waals surface area contributed by atoms with Crippen LogP contribution in [0.3, 0.4) is 0 Å². The Hall–Kier alpha value is -1.17. The maximum Gasteiger partial charge on any atom is 0.284 e. The summed E-state index contributed by atoms with van der Waals surface area (Å²) in [5, 5.41) is 8.20. The van der Waals surface area contributed by atoms with Crippen molar-refractivity contribution in [2.45, 2.75) is 20.3 Å². The summed E-state index contributed by atoms with van der Waals surface area (Å²) in [5.74, 6) is 1.20. The molecule has 1 aliphatic rings. The van der Waals surface area contributed by atoms with Gasteiger partial charge >= 0.3 is 0 Å². The number of carbonyl (C=O) groups is 1. The average molecular weight is 240 g/mol. The zero-order chi connectivity index (χ0) is 11.7. The minimum Gasteiger partial charge on any atom is -0.374 e. The molecule has 1 unspecified atom stereocenters. The number of nitrogens with zero attached hydrogens (tertiary/aromatic N) is 3. The third-order valence-corrected chi connectivity index (χ3v) is 3.82. The number of hydrogen-bond donors (Lipinski definition) is 1. The largest absolute Gasteiger partial charge is 0.374 e. The van der Waals surface area contributed by atoms with Gasteiger partial charge in [-0.05, 0) is 18.3 Å². The van der Waals surface area contributed by atoms with Gasteiger partial charge < -0.3 is 10.6 Å². The molecule has 2 N–H and O–H groups in total. The molecule has 1 fully saturated rings. The molecule has 0 aromatic carbocycles. The fraction of sp³-hybridized carbons (Fsp3) is 0.700. The first-order valence-electron chi connectivity index (χ1n) is 5.46. The number of aromatic nitrogens is 2. The number of nitrogen functional groups attached to an aromatic ring is 1. The molecule has 16 heavy (non-hydrogen) atoms. The second-order valence-corrected chi connectivity index (χ2v) is 5.50. The summed E-state index contributed by atoms with van der Waals surface area (Å²) in [6.45, 7) is 6.04. The molecule has 1 aliphatic heterocycles. The molecule has 0 aliphatic carbocycles. The Labute approximate surface area is 98.7 Å². The molecule has 0 saturated carbocycles. The predicted octanol–water partition coefficient (Wildman–Crippen LogP) is 1.24. The van der Waals surface area contributed by atoms with Gasteiger partial charge in [-0.25, -0.2) is 0 Å². The van der Waals surface area contributed by atoms with Crippen molar-refractivity contribution >= 4 is 22.4 Å². The van der Waals surface area contributed by atoms with Crippen LogP contribution in [0.1, 0.15) is 30.1 Å². The Kier molecular flexibility index (Phi) is 3.09. The summed E-state index contributed by atoms with van der Waals surface area (Å²) in [7, 11) is 0. The Morgan fingerprint density at radius 2 is 2.31 bits per heavy atom.